The minimum atomic E-state index is -4.67. The number of halogens is 1. The maximum Gasteiger partial charge on any atom is 0.268 e. The zero-order chi connectivity index (χ0) is 21.3. The Morgan fingerprint density at radius 2 is 1.61 bits per heavy atom. The molecule has 0 aromatic heterocycles. The number of methoxy groups -OCH3 is 1. The van der Waals surface area contributed by atoms with Crippen LogP contribution in [0.5, 0.6) is 5.75 Å². The summed E-state index contributed by atoms with van der Waals surface area (Å²) in [4.78, 5) is 10.9. The third-order valence-corrected chi connectivity index (χ3v) is 6.17. The van der Waals surface area contributed by atoms with Gasteiger partial charge in [-0.15, -0.1) is 0 Å². The van der Waals surface area contributed by atoms with Crippen LogP contribution in [0, 0.1) is 5.82 Å². The van der Waals surface area contributed by atoms with Crippen molar-refractivity contribution in [3.8, 4) is 5.75 Å². The molecule has 0 aliphatic carbocycles. The van der Waals surface area contributed by atoms with Gasteiger partial charge < -0.3 is 4.74 Å². The molecule has 0 spiro atoms. The number of hydrogen-bond acceptors (Lipinski definition) is 6. The summed E-state index contributed by atoms with van der Waals surface area (Å²) in [5, 5.41) is 5.01. The zero-order valence-corrected chi connectivity index (χ0v) is 16.5. The lowest BCUT2D eigenvalue weighted by molar-refractivity contribution is 0.0976. The normalized spacial score (nSPS) is 11.7. The van der Waals surface area contributed by atoms with Gasteiger partial charge in [0, 0.05) is 5.56 Å². The van der Waals surface area contributed by atoms with Crippen molar-refractivity contribution >= 4 is 31.5 Å². The molecule has 8 nitrogen and oxygen atoms in total. The molecule has 0 saturated carbocycles. The zero-order valence-electron chi connectivity index (χ0n) is 14.9. The van der Waals surface area contributed by atoms with Crippen LogP contribution in [0.1, 0.15) is 22.8 Å². The smallest absolute Gasteiger partial charge is 0.268 e. The predicted octanol–water partition coefficient (Wildman–Crippen LogP) is 1.63. The largest absolute Gasteiger partial charge is 0.493 e. The number of benzene rings is 2. The second kappa shape index (κ2) is 7.70. The van der Waals surface area contributed by atoms with E-state index in [2.05, 4.69) is 6.58 Å². The first kappa shape index (κ1) is 21.5. The first-order valence-corrected chi connectivity index (χ1v) is 10.6. The van der Waals surface area contributed by atoms with E-state index in [4.69, 9.17) is 9.88 Å². The highest BCUT2D eigenvalue weighted by Gasteiger charge is 2.28. The van der Waals surface area contributed by atoms with Crippen LogP contribution in [0.15, 0.2) is 52.8 Å². The van der Waals surface area contributed by atoms with E-state index in [0.717, 1.165) is 18.2 Å². The second-order valence-corrected chi connectivity index (χ2v) is 8.90. The van der Waals surface area contributed by atoms with E-state index in [1.807, 2.05) is 0 Å². The van der Waals surface area contributed by atoms with E-state index in [1.54, 1.807) is 11.6 Å². The Morgan fingerprint density at radius 3 is 2.11 bits per heavy atom. The molecule has 2 aromatic carbocycles. The summed E-state index contributed by atoms with van der Waals surface area (Å²) >= 11 is 0. The van der Waals surface area contributed by atoms with E-state index >= 15 is 0 Å². The van der Waals surface area contributed by atoms with Gasteiger partial charge in [-0.2, -0.15) is 0 Å². The van der Waals surface area contributed by atoms with Crippen molar-refractivity contribution in [3.63, 3.8) is 0 Å². The number of nitrogens with two attached hydrogens (primary N) is 1. The lowest BCUT2D eigenvalue weighted by Gasteiger charge is -2.14. The number of amides is 1. The number of carbonyl (C=O) groups is 1. The number of ether oxygens (including phenoxy) is 1. The number of hydrogen-bond donors (Lipinski definition) is 2. The van der Waals surface area contributed by atoms with Crippen molar-refractivity contribution < 1.29 is 30.8 Å². The van der Waals surface area contributed by atoms with E-state index in [1.165, 1.54) is 25.3 Å². The van der Waals surface area contributed by atoms with Gasteiger partial charge in [0.15, 0.2) is 11.6 Å². The van der Waals surface area contributed by atoms with Gasteiger partial charge >= 0.3 is 0 Å². The van der Waals surface area contributed by atoms with Gasteiger partial charge in [0.05, 0.1) is 12.7 Å². The van der Waals surface area contributed by atoms with Gasteiger partial charge in [0.1, 0.15) is 9.79 Å². The first-order valence-electron chi connectivity index (χ1n) is 7.61. The molecule has 2 rings (SSSR count). The maximum absolute atomic E-state index is 14.7. The van der Waals surface area contributed by atoms with Crippen molar-refractivity contribution in [3.05, 3.63) is 59.9 Å². The molecule has 1 amide bonds. The van der Waals surface area contributed by atoms with Crippen LogP contribution < -0.4 is 14.6 Å². The fourth-order valence-electron chi connectivity index (χ4n) is 2.41. The number of nitrogens with one attached hydrogen (secondary N) is 1. The Labute approximate surface area is 161 Å². The molecular weight excluding hydrogens is 411 g/mol. The van der Waals surface area contributed by atoms with Crippen molar-refractivity contribution in [2.45, 2.75) is 16.7 Å². The van der Waals surface area contributed by atoms with Crippen LogP contribution >= 0.6 is 0 Å². The third kappa shape index (κ3) is 4.21. The topological polar surface area (TPSA) is 133 Å². The van der Waals surface area contributed by atoms with Crippen LogP contribution in [0.25, 0.3) is 5.57 Å². The first-order chi connectivity index (χ1) is 12.9. The van der Waals surface area contributed by atoms with E-state index in [0.29, 0.717) is 11.1 Å². The highest BCUT2D eigenvalue weighted by atomic mass is 32.2. The van der Waals surface area contributed by atoms with Crippen LogP contribution in [0.2, 0.25) is 0 Å². The molecule has 0 bridgehead atoms. The molecule has 0 heterocycles. The minimum Gasteiger partial charge on any atom is -0.493 e. The average Bonchev–Trinajstić information content (AvgIpc) is 2.60. The Balaban J connectivity index is 2.50. The van der Waals surface area contributed by atoms with Crippen molar-refractivity contribution in [1.29, 1.82) is 0 Å². The van der Waals surface area contributed by atoms with Gasteiger partial charge in [0.2, 0.25) is 10.0 Å². The molecule has 0 aliphatic rings. The average molecular weight is 428 g/mol. The standard InChI is InChI=1S/C17H17FN2O6S2/c1-10(2)11-8-9-12(15(18)16(11)26-3)17(21)20-28(24,25)14-7-5-4-6-13(14)27(19,22)23/h4-9H,1H2,2-3H3,(H,20,21)(H2,19,22,23). The number of allylic oxidation sites excluding steroid dienone is 1. The number of carbonyl (C=O) groups excluding carboxylic acids is 1. The van der Waals surface area contributed by atoms with Crippen LogP contribution in [0.3, 0.4) is 0 Å². The summed E-state index contributed by atoms with van der Waals surface area (Å²) in [6.45, 7) is 5.27. The van der Waals surface area contributed by atoms with Gasteiger partial charge in [-0.1, -0.05) is 24.8 Å². The van der Waals surface area contributed by atoms with Crippen molar-refractivity contribution in [1.82, 2.24) is 4.72 Å². The quantitative estimate of drug-likeness (QED) is 0.719. The number of rotatable bonds is 6. The van der Waals surface area contributed by atoms with Gasteiger partial charge in [0.25, 0.3) is 15.9 Å². The van der Waals surface area contributed by atoms with Crippen molar-refractivity contribution in [2.24, 2.45) is 5.14 Å². The summed E-state index contributed by atoms with van der Waals surface area (Å²) in [5.41, 5.74) is 0.162. The van der Waals surface area contributed by atoms with Crippen LogP contribution in [0.4, 0.5) is 4.39 Å². The Morgan fingerprint density at radius 1 is 1.07 bits per heavy atom. The Kier molecular flexibility index (Phi) is 5.92. The molecule has 0 aliphatic heterocycles. The highest BCUT2D eigenvalue weighted by molar-refractivity contribution is 7.92. The molecule has 0 atom stereocenters. The molecule has 150 valence electrons. The molecule has 0 unspecified atom stereocenters. The molecule has 0 radical (unpaired) electrons. The monoisotopic (exact) mass is 428 g/mol. The van der Waals surface area contributed by atoms with Gasteiger partial charge in [-0.25, -0.2) is 31.1 Å². The Hall–Kier alpha value is -2.76. The van der Waals surface area contributed by atoms with Gasteiger partial charge in [-0.05, 0) is 30.7 Å². The summed E-state index contributed by atoms with van der Waals surface area (Å²) in [6.07, 6.45) is 0. The number of primary sulfonamides is 1. The lowest BCUT2D eigenvalue weighted by Crippen LogP contribution is -2.32. The van der Waals surface area contributed by atoms with Crippen molar-refractivity contribution in [2.75, 3.05) is 7.11 Å². The molecule has 0 saturated heterocycles. The lowest BCUT2D eigenvalue weighted by atomic mass is 10.0. The Bertz CT molecular complexity index is 1170. The fraction of sp³-hybridized carbons (Fsp3) is 0.118. The molecule has 0 fully saturated rings. The summed E-state index contributed by atoms with van der Waals surface area (Å²) in [7, 11) is -7.87. The van der Waals surface area contributed by atoms with E-state index in [-0.39, 0.29) is 5.75 Å². The molecule has 2 aromatic rings. The SMILES string of the molecule is C=C(C)c1ccc(C(=O)NS(=O)(=O)c2ccccc2S(N)(=O)=O)c(F)c1OC. The molecule has 28 heavy (non-hydrogen) atoms. The summed E-state index contributed by atoms with van der Waals surface area (Å²) in [6, 6.07) is 6.86. The molecule has 11 heteroatoms. The fourth-order valence-corrected chi connectivity index (χ4v) is 4.76. The summed E-state index contributed by atoms with van der Waals surface area (Å²) in [5.74, 6) is -2.67. The van der Waals surface area contributed by atoms with Crippen LogP contribution in [-0.4, -0.2) is 29.9 Å². The summed E-state index contributed by atoms with van der Waals surface area (Å²) < 4.78 is 69.5. The second-order valence-electron chi connectivity index (χ2n) is 5.71. The third-order valence-electron chi connectivity index (χ3n) is 3.68. The molecular formula is C17H17FN2O6S2. The van der Waals surface area contributed by atoms with E-state index < -0.39 is 47.1 Å². The minimum absolute atomic E-state index is 0.275. The van der Waals surface area contributed by atoms with Gasteiger partial charge in [-0.3, -0.25) is 4.79 Å². The maximum atomic E-state index is 14.7. The van der Waals surface area contributed by atoms with Crippen LogP contribution in [-0.2, 0) is 20.0 Å². The highest BCUT2D eigenvalue weighted by Crippen LogP contribution is 2.30. The molecule has 3 N–H and O–H groups in total. The van der Waals surface area contributed by atoms with E-state index in [9.17, 15) is 26.0 Å². The number of sulfonamides is 2. The predicted molar refractivity (Wildman–Crippen MR) is 100 cm³/mol.